The normalized spacial score (nSPS) is 12.9. The van der Waals surface area contributed by atoms with Crippen molar-refractivity contribution in [1.29, 1.82) is 0 Å². The number of ketones is 2. The second-order valence-electron chi connectivity index (χ2n) is 13.5. The summed E-state index contributed by atoms with van der Waals surface area (Å²) in [6, 6.07) is 0. The summed E-state index contributed by atoms with van der Waals surface area (Å²) in [5.41, 5.74) is -1.43. The van der Waals surface area contributed by atoms with Gasteiger partial charge in [0, 0.05) is 12.8 Å². The van der Waals surface area contributed by atoms with E-state index in [1.165, 1.54) is 128 Å². The van der Waals surface area contributed by atoms with Gasteiger partial charge >= 0.3 is 10.4 Å². The highest BCUT2D eigenvalue weighted by Crippen LogP contribution is 2.26. The first-order chi connectivity index (χ1) is 22.5. The van der Waals surface area contributed by atoms with Crippen molar-refractivity contribution in [3.63, 3.8) is 0 Å². The van der Waals surface area contributed by atoms with Gasteiger partial charge in [0.2, 0.25) is 0 Å². The van der Waals surface area contributed by atoms with Gasteiger partial charge in [0.25, 0.3) is 0 Å². The first-order valence-electron chi connectivity index (χ1n) is 19.5. The molecule has 1 atom stereocenters. The molecule has 8 nitrogen and oxygen atoms in total. The summed E-state index contributed by atoms with van der Waals surface area (Å²) >= 11 is 0. The average molecular weight is 692 g/mol. The van der Waals surface area contributed by atoms with Crippen LogP contribution in [0.5, 0.6) is 0 Å². The first-order valence-corrected chi connectivity index (χ1v) is 20.9. The van der Waals surface area contributed by atoms with Gasteiger partial charge in [0.05, 0.1) is 7.11 Å². The predicted molar refractivity (Wildman–Crippen MR) is 197 cm³/mol. The first kappa shape index (κ1) is 48.2. The van der Waals surface area contributed by atoms with Gasteiger partial charge in [-0.1, -0.05) is 175 Å². The molecule has 0 radical (unpaired) electrons. The van der Waals surface area contributed by atoms with Gasteiger partial charge in [0.1, 0.15) is 23.2 Å². The molecule has 3 N–H and O–H groups in total. The van der Waals surface area contributed by atoms with Crippen LogP contribution in [0.2, 0.25) is 0 Å². The number of aliphatic hydroxyl groups is 1. The van der Waals surface area contributed by atoms with Gasteiger partial charge in [-0.25, -0.2) is 0 Å². The Kier molecular flexibility index (Phi) is 34.5. The highest BCUT2D eigenvalue weighted by Gasteiger charge is 2.42. The molecule has 0 aromatic rings. The summed E-state index contributed by atoms with van der Waals surface area (Å²) in [7, 11) is -1.63. The molecule has 0 saturated carbocycles. The summed E-state index contributed by atoms with van der Waals surface area (Å²) in [6.45, 7) is 6.38. The Morgan fingerprint density at radius 2 is 0.809 bits per heavy atom. The van der Waals surface area contributed by atoms with Gasteiger partial charge < -0.3 is 5.11 Å². The van der Waals surface area contributed by atoms with Crippen molar-refractivity contribution in [2.75, 3.05) is 14.2 Å². The largest absolute Gasteiger partial charge is 0.397 e. The van der Waals surface area contributed by atoms with Crippen LogP contribution < -0.4 is 5.32 Å². The van der Waals surface area contributed by atoms with E-state index in [2.05, 4.69) is 23.3 Å². The smallest absolute Gasteiger partial charge is 0.375 e. The van der Waals surface area contributed by atoms with Gasteiger partial charge in [0.15, 0.2) is 0 Å². The van der Waals surface area contributed by atoms with E-state index in [1.807, 2.05) is 6.92 Å². The molecule has 0 saturated heterocycles. The Morgan fingerprint density at radius 1 is 0.574 bits per heavy atom. The van der Waals surface area contributed by atoms with E-state index in [-0.39, 0.29) is 11.6 Å². The third-order valence-corrected chi connectivity index (χ3v) is 9.78. The van der Waals surface area contributed by atoms with Gasteiger partial charge in [-0.15, -0.1) is 0 Å². The zero-order chi connectivity index (χ0) is 35.7. The lowest BCUT2D eigenvalue weighted by atomic mass is 9.82. The number of rotatable bonds is 34. The van der Waals surface area contributed by atoms with E-state index < -0.39 is 22.0 Å². The molecule has 0 fully saturated rings. The molecule has 0 heterocycles. The fourth-order valence-electron chi connectivity index (χ4n) is 6.16. The standard InChI is InChI=1S/C37H73NO3.CH4O4S/c1-5-8-10-12-14-16-18-20-22-24-26-28-30-32-34(39)36(37(41,7-3)38-4)35(40)33-31-29-27-25-23-21-19-17-15-13-11-9-6-2;1-5-6(2,3)4/h36,38,41H,5-33H2,1-4H3;1H3,(H,2,3,4). The van der Waals surface area contributed by atoms with Gasteiger partial charge in [-0.2, -0.15) is 8.42 Å². The van der Waals surface area contributed by atoms with E-state index in [4.69, 9.17) is 4.55 Å². The van der Waals surface area contributed by atoms with Crippen LogP contribution in [0.1, 0.15) is 207 Å². The number of carbonyl (C=O) groups is 2. The maximum Gasteiger partial charge on any atom is 0.397 e. The highest BCUT2D eigenvalue weighted by molar-refractivity contribution is 7.80. The summed E-state index contributed by atoms with van der Waals surface area (Å²) in [6.07, 6.45) is 34.1. The van der Waals surface area contributed by atoms with E-state index in [1.54, 1.807) is 7.05 Å². The minimum absolute atomic E-state index is 0.0773. The highest BCUT2D eigenvalue weighted by atomic mass is 32.3. The summed E-state index contributed by atoms with van der Waals surface area (Å²) < 4.78 is 29.7. The average Bonchev–Trinajstić information content (AvgIpc) is 3.05. The van der Waals surface area contributed by atoms with Crippen molar-refractivity contribution in [2.45, 2.75) is 213 Å². The fraction of sp³-hybridized carbons (Fsp3) is 0.947. The zero-order valence-corrected chi connectivity index (χ0v) is 32.2. The zero-order valence-electron chi connectivity index (χ0n) is 31.4. The van der Waals surface area contributed by atoms with Crippen LogP contribution in [0.3, 0.4) is 0 Å². The maximum absolute atomic E-state index is 13.2. The minimum atomic E-state index is -4.16. The number of carbonyl (C=O) groups excluding carboxylic acids is 2. The van der Waals surface area contributed by atoms with E-state index in [0.29, 0.717) is 19.3 Å². The molecule has 0 aromatic carbocycles. The third kappa shape index (κ3) is 30.9. The molecule has 1 unspecified atom stereocenters. The Bertz CT molecular complexity index is 773. The monoisotopic (exact) mass is 692 g/mol. The van der Waals surface area contributed by atoms with Crippen molar-refractivity contribution >= 4 is 22.0 Å². The quantitative estimate of drug-likeness (QED) is 0.0263. The fourth-order valence-corrected chi connectivity index (χ4v) is 6.16. The van der Waals surface area contributed by atoms with Gasteiger partial charge in [-0.3, -0.25) is 23.6 Å². The Hall–Kier alpha value is -0.870. The van der Waals surface area contributed by atoms with E-state index >= 15 is 0 Å². The molecule has 47 heavy (non-hydrogen) atoms. The summed E-state index contributed by atoms with van der Waals surface area (Å²) in [5.74, 6) is -1.09. The van der Waals surface area contributed by atoms with Crippen LogP contribution in [0.4, 0.5) is 0 Å². The minimum Gasteiger partial charge on any atom is -0.375 e. The van der Waals surface area contributed by atoms with Crippen molar-refractivity contribution in [2.24, 2.45) is 5.92 Å². The summed E-state index contributed by atoms with van der Waals surface area (Å²) in [5, 5.41) is 14.0. The van der Waals surface area contributed by atoms with Gasteiger partial charge in [-0.05, 0) is 26.3 Å². The SMILES string of the molecule is CCCCCCCCCCCCCCCC(=O)C(C(=O)CCCCCCCCCCCCCCC)C(O)(CC)NC.COS(=O)(=O)O. The number of hydrogen-bond donors (Lipinski definition) is 3. The number of hydrogen-bond acceptors (Lipinski definition) is 7. The second-order valence-corrected chi connectivity index (χ2v) is 14.7. The Balaban J connectivity index is 0. The van der Waals surface area contributed by atoms with Crippen LogP contribution in [0, 0.1) is 5.92 Å². The molecular formula is C38H77NO7S. The van der Waals surface area contributed by atoms with Crippen molar-refractivity contribution in [1.82, 2.24) is 5.32 Å². The molecule has 9 heteroatoms. The Labute approximate surface area is 291 Å². The van der Waals surface area contributed by atoms with E-state index in [0.717, 1.165) is 45.6 Å². The van der Waals surface area contributed by atoms with Crippen LogP contribution in [0.15, 0.2) is 0 Å². The van der Waals surface area contributed by atoms with Crippen molar-refractivity contribution in [3.05, 3.63) is 0 Å². The molecule has 0 aromatic heterocycles. The molecule has 0 rings (SSSR count). The number of nitrogens with one attached hydrogen (secondary N) is 1. The molecule has 0 aliphatic carbocycles. The third-order valence-electron chi connectivity index (χ3n) is 9.36. The number of Topliss-reactive ketones (excluding diaryl/α,β-unsaturated/α-hetero) is 2. The lowest BCUT2D eigenvalue weighted by molar-refractivity contribution is -0.148. The Morgan fingerprint density at radius 3 is 1.00 bits per heavy atom. The molecule has 0 spiro atoms. The second kappa shape index (κ2) is 33.6. The van der Waals surface area contributed by atoms with E-state index in [9.17, 15) is 23.1 Å². The van der Waals surface area contributed by atoms with Crippen molar-refractivity contribution in [3.8, 4) is 0 Å². The molecule has 282 valence electrons. The molecule has 0 aliphatic rings. The predicted octanol–water partition coefficient (Wildman–Crippen LogP) is 10.5. The number of unbranched alkanes of at least 4 members (excludes halogenated alkanes) is 24. The van der Waals surface area contributed by atoms with Crippen LogP contribution in [0.25, 0.3) is 0 Å². The van der Waals surface area contributed by atoms with Crippen LogP contribution in [-0.2, 0) is 24.2 Å². The van der Waals surface area contributed by atoms with Crippen LogP contribution >= 0.6 is 0 Å². The molecule has 0 aliphatic heterocycles. The molecular weight excluding hydrogens is 614 g/mol. The lowest BCUT2D eigenvalue weighted by Gasteiger charge is -2.33. The van der Waals surface area contributed by atoms with Crippen LogP contribution in [-0.4, -0.2) is 49.5 Å². The summed E-state index contributed by atoms with van der Waals surface area (Å²) in [4.78, 5) is 26.3. The topological polar surface area (TPSA) is 130 Å². The maximum atomic E-state index is 13.2. The lowest BCUT2D eigenvalue weighted by Crippen LogP contribution is -2.55. The molecule has 0 amide bonds. The molecule has 0 bridgehead atoms. The van der Waals surface area contributed by atoms with Crippen molar-refractivity contribution < 1.29 is 31.8 Å².